The molecule has 2 aliphatic heterocycles. The number of amides is 2. The van der Waals surface area contributed by atoms with Gasteiger partial charge in [-0.2, -0.15) is 13.2 Å². The smallest absolute Gasteiger partial charge is 0.338 e. The van der Waals surface area contributed by atoms with Gasteiger partial charge in [0.25, 0.3) is 5.91 Å². The van der Waals surface area contributed by atoms with E-state index in [4.69, 9.17) is 0 Å². The molecule has 11 heteroatoms. The minimum Gasteiger partial charge on any atom is -0.338 e. The van der Waals surface area contributed by atoms with Gasteiger partial charge in [-0.15, -0.1) is 11.8 Å². The molecule has 1 aromatic carbocycles. The molecule has 0 bridgehead atoms. The molecule has 3 rings (SSSR count). The fourth-order valence-corrected chi connectivity index (χ4v) is 6.96. The molecular formula is C18H21F3N2O4S2. The molecule has 0 radical (unpaired) electrons. The summed E-state index contributed by atoms with van der Waals surface area (Å²) in [6.07, 6.45) is -4.07. The highest BCUT2D eigenvalue weighted by molar-refractivity contribution is 8.02. The van der Waals surface area contributed by atoms with Gasteiger partial charge in [0.2, 0.25) is 5.91 Å². The standard InChI is InChI=1S/C18H21F3N2O4S2/c19-18(20,21)15-4-2-1-3-14(15)17(25)23-8-6-22(7-9-23)16(24)11-28-13-5-10-29(26,27)12-13/h1-4,13H,5-12H2. The van der Waals surface area contributed by atoms with E-state index < -0.39 is 33.0 Å². The fourth-order valence-electron chi connectivity index (χ4n) is 3.42. The van der Waals surface area contributed by atoms with Crippen molar-refractivity contribution in [2.75, 3.05) is 43.4 Å². The first-order valence-corrected chi connectivity index (χ1v) is 12.0. The zero-order valence-electron chi connectivity index (χ0n) is 15.5. The second kappa shape index (κ2) is 8.55. The average molecular weight is 451 g/mol. The largest absolute Gasteiger partial charge is 0.417 e. The first-order valence-electron chi connectivity index (χ1n) is 9.12. The zero-order valence-corrected chi connectivity index (χ0v) is 17.2. The number of sulfone groups is 1. The highest BCUT2D eigenvalue weighted by Crippen LogP contribution is 2.32. The summed E-state index contributed by atoms with van der Waals surface area (Å²) < 4.78 is 62.4. The molecule has 6 nitrogen and oxygen atoms in total. The molecule has 29 heavy (non-hydrogen) atoms. The van der Waals surface area contributed by atoms with Crippen LogP contribution in [0, 0.1) is 0 Å². The van der Waals surface area contributed by atoms with Crippen LogP contribution in [0.5, 0.6) is 0 Å². The van der Waals surface area contributed by atoms with Crippen LogP contribution in [0.15, 0.2) is 24.3 Å². The van der Waals surface area contributed by atoms with Gasteiger partial charge in [-0.1, -0.05) is 12.1 Å². The summed E-state index contributed by atoms with van der Waals surface area (Å²) in [6.45, 7) is 0.781. The monoisotopic (exact) mass is 450 g/mol. The molecule has 1 aromatic rings. The first-order chi connectivity index (χ1) is 13.6. The zero-order chi connectivity index (χ0) is 21.2. The number of carbonyl (C=O) groups excluding carboxylic acids is 2. The van der Waals surface area contributed by atoms with Crippen molar-refractivity contribution in [3.8, 4) is 0 Å². The molecule has 0 N–H and O–H groups in total. The molecule has 0 saturated carbocycles. The van der Waals surface area contributed by atoms with E-state index >= 15 is 0 Å². The van der Waals surface area contributed by atoms with Crippen molar-refractivity contribution in [3.05, 3.63) is 35.4 Å². The lowest BCUT2D eigenvalue weighted by molar-refractivity contribution is -0.138. The summed E-state index contributed by atoms with van der Waals surface area (Å²) in [4.78, 5) is 27.8. The van der Waals surface area contributed by atoms with Gasteiger partial charge in [-0.25, -0.2) is 8.42 Å². The van der Waals surface area contributed by atoms with Crippen molar-refractivity contribution in [1.82, 2.24) is 9.80 Å². The number of thioether (sulfide) groups is 1. The van der Waals surface area contributed by atoms with Crippen molar-refractivity contribution in [2.24, 2.45) is 0 Å². The molecule has 2 heterocycles. The molecule has 160 valence electrons. The van der Waals surface area contributed by atoms with Crippen molar-refractivity contribution >= 4 is 33.4 Å². The Balaban J connectivity index is 1.53. The fraction of sp³-hybridized carbons (Fsp3) is 0.556. The van der Waals surface area contributed by atoms with Crippen LogP contribution in [-0.4, -0.2) is 78.7 Å². The predicted octanol–water partition coefficient (Wildman–Crippen LogP) is 1.91. The Morgan fingerprint density at radius 3 is 2.28 bits per heavy atom. The summed E-state index contributed by atoms with van der Waals surface area (Å²) in [5, 5.41) is -0.0781. The molecule has 1 atom stereocenters. The maximum atomic E-state index is 13.1. The van der Waals surface area contributed by atoms with Gasteiger partial charge in [-0.3, -0.25) is 9.59 Å². The van der Waals surface area contributed by atoms with Crippen LogP contribution in [0.3, 0.4) is 0 Å². The Morgan fingerprint density at radius 2 is 1.69 bits per heavy atom. The number of halogens is 3. The number of piperazine rings is 1. The van der Waals surface area contributed by atoms with Crippen molar-refractivity contribution < 1.29 is 31.2 Å². The summed E-state index contributed by atoms with van der Waals surface area (Å²) in [5.41, 5.74) is -1.36. The molecule has 0 spiro atoms. The Bertz CT molecular complexity index is 881. The van der Waals surface area contributed by atoms with Gasteiger partial charge in [0.1, 0.15) is 0 Å². The minimum absolute atomic E-state index is 0.0781. The van der Waals surface area contributed by atoms with E-state index in [2.05, 4.69) is 0 Å². The van der Waals surface area contributed by atoms with E-state index in [-0.39, 0.29) is 54.6 Å². The third kappa shape index (κ3) is 5.44. The number of rotatable bonds is 4. The molecule has 1 unspecified atom stereocenters. The van der Waals surface area contributed by atoms with Crippen molar-refractivity contribution in [2.45, 2.75) is 17.8 Å². The summed E-state index contributed by atoms with van der Waals surface area (Å²) in [7, 11) is -3.00. The summed E-state index contributed by atoms with van der Waals surface area (Å²) in [5.74, 6) is -0.451. The normalized spacial score (nSPS) is 22.0. The first kappa shape index (κ1) is 21.9. The van der Waals surface area contributed by atoms with Crippen LogP contribution in [-0.2, 0) is 20.8 Å². The third-order valence-corrected chi connectivity index (χ3v) is 8.28. The van der Waals surface area contributed by atoms with Gasteiger partial charge in [0, 0.05) is 31.4 Å². The number of carbonyl (C=O) groups is 2. The Morgan fingerprint density at radius 1 is 1.07 bits per heavy atom. The van der Waals surface area contributed by atoms with E-state index in [9.17, 15) is 31.2 Å². The molecule has 2 aliphatic rings. The van der Waals surface area contributed by atoms with Crippen LogP contribution in [0.4, 0.5) is 13.2 Å². The molecule has 0 aliphatic carbocycles. The van der Waals surface area contributed by atoms with E-state index in [1.54, 1.807) is 4.90 Å². The molecule has 0 aromatic heterocycles. The highest BCUT2D eigenvalue weighted by Gasteiger charge is 2.36. The van der Waals surface area contributed by atoms with Crippen LogP contribution in [0.2, 0.25) is 0 Å². The SMILES string of the molecule is O=C(CSC1CCS(=O)(=O)C1)N1CCN(C(=O)c2ccccc2C(F)(F)F)CC1. The maximum Gasteiger partial charge on any atom is 0.417 e. The van der Waals surface area contributed by atoms with Gasteiger partial charge in [0.05, 0.1) is 28.4 Å². The number of alkyl halides is 3. The number of hydrogen-bond acceptors (Lipinski definition) is 5. The molecule has 2 saturated heterocycles. The van der Waals surface area contributed by atoms with Gasteiger partial charge in [0.15, 0.2) is 9.84 Å². The van der Waals surface area contributed by atoms with Crippen molar-refractivity contribution in [1.29, 1.82) is 0 Å². The van der Waals surface area contributed by atoms with Gasteiger partial charge < -0.3 is 9.80 Å². The quantitative estimate of drug-likeness (QED) is 0.701. The van der Waals surface area contributed by atoms with Crippen LogP contribution >= 0.6 is 11.8 Å². The van der Waals surface area contributed by atoms with E-state index in [0.717, 1.165) is 12.1 Å². The Labute approximate surface area is 171 Å². The number of nitrogens with zero attached hydrogens (tertiary/aromatic N) is 2. The highest BCUT2D eigenvalue weighted by atomic mass is 32.2. The lowest BCUT2D eigenvalue weighted by atomic mass is 10.1. The minimum atomic E-state index is -4.62. The van der Waals surface area contributed by atoms with E-state index in [0.29, 0.717) is 6.42 Å². The maximum absolute atomic E-state index is 13.1. The topological polar surface area (TPSA) is 74.8 Å². The molecular weight excluding hydrogens is 429 g/mol. The van der Waals surface area contributed by atoms with Gasteiger partial charge in [-0.05, 0) is 18.6 Å². The predicted molar refractivity (Wildman–Crippen MR) is 103 cm³/mol. The summed E-state index contributed by atoms with van der Waals surface area (Å²) in [6, 6.07) is 4.68. The number of benzene rings is 1. The second-order valence-electron chi connectivity index (χ2n) is 7.05. The van der Waals surface area contributed by atoms with Crippen LogP contribution in [0.1, 0.15) is 22.3 Å². The Kier molecular flexibility index (Phi) is 6.47. The Hall–Kier alpha value is -1.75. The number of hydrogen-bond donors (Lipinski definition) is 0. The molecule has 2 fully saturated rings. The lowest BCUT2D eigenvalue weighted by Gasteiger charge is -2.35. The van der Waals surface area contributed by atoms with Crippen molar-refractivity contribution in [3.63, 3.8) is 0 Å². The molecule has 2 amide bonds. The van der Waals surface area contributed by atoms with Gasteiger partial charge >= 0.3 is 6.18 Å². The lowest BCUT2D eigenvalue weighted by Crippen LogP contribution is -2.51. The summed E-state index contributed by atoms with van der Waals surface area (Å²) >= 11 is 1.32. The second-order valence-corrected chi connectivity index (χ2v) is 10.6. The average Bonchev–Trinajstić information content (AvgIpc) is 3.04. The van der Waals surface area contributed by atoms with Crippen LogP contribution < -0.4 is 0 Å². The van der Waals surface area contributed by atoms with Crippen LogP contribution in [0.25, 0.3) is 0 Å². The van der Waals surface area contributed by atoms with E-state index in [1.807, 2.05) is 0 Å². The van der Waals surface area contributed by atoms with E-state index in [1.165, 1.54) is 28.8 Å². The third-order valence-electron chi connectivity index (χ3n) is 5.02.